The van der Waals surface area contributed by atoms with Gasteiger partial charge in [0.1, 0.15) is 17.8 Å². The van der Waals surface area contributed by atoms with Crippen molar-refractivity contribution in [2.75, 3.05) is 14.2 Å². The van der Waals surface area contributed by atoms with Crippen LogP contribution in [0.5, 0.6) is 11.5 Å². The van der Waals surface area contributed by atoms with Gasteiger partial charge in [0, 0.05) is 39.5 Å². The van der Waals surface area contributed by atoms with Crippen molar-refractivity contribution in [3.05, 3.63) is 70.6 Å². The van der Waals surface area contributed by atoms with E-state index in [9.17, 15) is 0 Å². The van der Waals surface area contributed by atoms with Crippen LogP contribution in [0.1, 0.15) is 16.7 Å². The van der Waals surface area contributed by atoms with Gasteiger partial charge in [-0.1, -0.05) is 17.7 Å². The number of aliphatic imine (C=N–C) groups is 1. The second-order valence-corrected chi connectivity index (χ2v) is 6.25. The predicted octanol–water partition coefficient (Wildman–Crippen LogP) is 4.17. The highest BCUT2D eigenvalue weighted by Gasteiger charge is 2.22. The van der Waals surface area contributed by atoms with Crippen LogP contribution in [0.2, 0.25) is 5.02 Å². The summed E-state index contributed by atoms with van der Waals surface area (Å²) < 4.78 is 10.9. The molecule has 1 aromatic heterocycles. The maximum Gasteiger partial charge on any atom is 0.131 e. The molecular weight excluding hydrogens is 350 g/mol. The van der Waals surface area contributed by atoms with Crippen molar-refractivity contribution >= 4 is 17.3 Å². The number of fused-ring (bicyclic) bond motifs is 3. The molecule has 0 fully saturated rings. The summed E-state index contributed by atoms with van der Waals surface area (Å²) in [6.45, 7) is 0.479. The zero-order valence-corrected chi connectivity index (χ0v) is 15.1. The fraction of sp³-hybridized carbons (Fsp3) is 0.150. The number of hydrogen-bond acceptors (Lipinski definition) is 5. The minimum absolute atomic E-state index is 0.479. The zero-order chi connectivity index (χ0) is 18.1. The third-order valence-electron chi connectivity index (χ3n) is 4.35. The van der Waals surface area contributed by atoms with Gasteiger partial charge in [0.2, 0.25) is 0 Å². The minimum atomic E-state index is 0.479. The van der Waals surface area contributed by atoms with Crippen molar-refractivity contribution in [3.63, 3.8) is 0 Å². The lowest BCUT2D eigenvalue weighted by Crippen LogP contribution is -2.07. The molecule has 0 bridgehead atoms. The van der Waals surface area contributed by atoms with E-state index in [4.69, 9.17) is 26.1 Å². The van der Waals surface area contributed by atoms with E-state index >= 15 is 0 Å². The number of hydrogen-bond donors (Lipinski definition) is 0. The van der Waals surface area contributed by atoms with Gasteiger partial charge in [-0.2, -0.15) is 0 Å². The molecule has 6 heteroatoms. The quantitative estimate of drug-likeness (QED) is 0.699. The molecule has 3 aromatic rings. The third-order valence-corrected chi connectivity index (χ3v) is 4.59. The Labute approximate surface area is 156 Å². The Bertz CT molecular complexity index is 1020. The molecule has 5 nitrogen and oxygen atoms in total. The first kappa shape index (κ1) is 16.5. The first-order chi connectivity index (χ1) is 12.7. The number of methoxy groups -OCH3 is 2. The molecule has 26 heavy (non-hydrogen) atoms. The summed E-state index contributed by atoms with van der Waals surface area (Å²) in [5, 5.41) is 0.640. The fourth-order valence-corrected chi connectivity index (χ4v) is 3.28. The third kappa shape index (κ3) is 2.80. The molecule has 0 amide bonds. The van der Waals surface area contributed by atoms with Gasteiger partial charge in [0.25, 0.3) is 0 Å². The molecule has 1 aliphatic rings. The van der Waals surface area contributed by atoms with Crippen LogP contribution in [0.15, 0.2) is 53.9 Å². The Morgan fingerprint density at radius 1 is 0.962 bits per heavy atom. The van der Waals surface area contributed by atoms with Crippen LogP contribution in [0.4, 0.5) is 0 Å². The van der Waals surface area contributed by atoms with Gasteiger partial charge in [-0.15, -0.1) is 0 Å². The highest BCUT2D eigenvalue weighted by Crippen LogP contribution is 2.35. The van der Waals surface area contributed by atoms with Gasteiger partial charge in [0.15, 0.2) is 0 Å². The standard InChI is InChI=1S/C20H16ClN3O2/c1-25-14-4-6-16(18(8-14)26-2)20-17-7-13(21)3-5-15(17)19-12(10-23-20)9-22-11-24-19/h3-9,11H,10H2,1-2H3. The lowest BCUT2D eigenvalue weighted by Gasteiger charge is -2.14. The number of rotatable bonds is 3. The van der Waals surface area contributed by atoms with Crippen LogP contribution in [0.25, 0.3) is 11.3 Å². The van der Waals surface area contributed by atoms with E-state index < -0.39 is 0 Å². The smallest absolute Gasteiger partial charge is 0.131 e. The lowest BCUT2D eigenvalue weighted by atomic mass is 9.95. The molecule has 0 N–H and O–H groups in total. The molecule has 0 saturated carbocycles. The Morgan fingerprint density at radius 3 is 2.62 bits per heavy atom. The molecule has 0 aliphatic carbocycles. The second-order valence-electron chi connectivity index (χ2n) is 5.82. The van der Waals surface area contributed by atoms with E-state index in [1.54, 1.807) is 26.7 Å². The summed E-state index contributed by atoms with van der Waals surface area (Å²) in [7, 11) is 3.26. The van der Waals surface area contributed by atoms with E-state index in [0.717, 1.165) is 39.4 Å². The van der Waals surface area contributed by atoms with E-state index in [0.29, 0.717) is 17.3 Å². The van der Waals surface area contributed by atoms with Crippen LogP contribution in [0, 0.1) is 0 Å². The molecule has 0 radical (unpaired) electrons. The van der Waals surface area contributed by atoms with Crippen molar-refractivity contribution in [1.82, 2.24) is 9.97 Å². The number of benzene rings is 2. The molecule has 0 atom stereocenters. The molecule has 130 valence electrons. The van der Waals surface area contributed by atoms with E-state index in [2.05, 4.69) is 9.97 Å². The van der Waals surface area contributed by atoms with Crippen LogP contribution in [0.3, 0.4) is 0 Å². The largest absolute Gasteiger partial charge is 0.497 e. The highest BCUT2D eigenvalue weighted by atomic mass is 35.5. The number of ether oxygens (including phenoxy) is 2. The summed E-state index contributed by atoms with van der Waals surface area (Å²) in [6, 6.07) is 11.4. The van der Waals surface area contributed by atoms with Gasteiger partial charge >= 0.3 is 0 Å². The molecule has 2 heterocycles. The number of aromatic nitrogens is 2. The monoisotopic (exact) mass is 365 g/mol. The van der Waals surface area contributed by atoms with Gasteiger partial charge < -0.3 is 9.47 Å². The van der Waals surface area contributed by atoms with Crippen molar-refractivity contribution in [1.29, 1.82) is 0 Å². The summed E-state index contributed by atoms with van der Waals surface area (Å²) in [5.41, 5.74) is 5.41. The number of halogens is 1. The maximum atomic E-state index is 6.29. The first-order valence-electron chi connectivity index (χ1n) is 8.07. The SMILES string of the molecule is COc1ccc(C2=NCc3cncnc3-c3ccc(Cl)cc32)c(OC)c1. The minimum Gasteiger partial charge on any atom is -0.497 e. The average molecular weight is 366 g/mol. The normalized spacial score (nSPS) is 12.5. The Balaban J connectivity index is 1.97. The van der Waals surface area contributed by atoms with E-state index in [1.807, 2.05) is 36.4 Å². The Morgan fingerprint density at radius 2 is 1.81 bits per heavy atom. The predicted molar refractivity (Wildman–Crippen MR) is 101 cm³/mol. The molecule has 0 spiro atoms. The molecule has 0 saturated heterocycles. The lowest BCUT2D eigenvalue weighted by molar-refractivity contribution is 0.394. The molecule has 1 aliphatic heterocycles. The molecule has 4 rings (SSSR count). The van der Waals surface area contributed by atoms with Crippen molar-refractivity contribution in [2.45, 2.75) is 6.54 Å². The first-order valence-corrected chi connectivity index (χ1v) is 8.45. The second kappa shape index (κ2) is 6.77. The van der Waals surface area contributed by atoms with Crippen molar-refractivity contribution in [3.8, 4) is 22.8 Å². The summed E-state index contributed by atoms with van der Waals surface area (Å²) in [4.78, 5) is 13.4. The van der Waals surface area contributed by atoms with Gasteiger partial charge in [0.05, 0.1) is 32.2 Å². The Hall–Kier alpha value is -2.92. The topological polar surface area (TPSA) is 56.6 Å². The number of nitrogens with zero attached hydrogens (tertiary/aromatic N) is 3. The molecular formula is C20H16ClN3O2. The van der Waals surface area contributed by atoms with Gasteiger partial charge in [-0.3, -0.25) is 4.99 Å². The van der Waals surface area contributed by atoms with E-state index in [1.165, 1.54) is 0 Å². The Kier molecular flexibility index (Phi) is 4.31. The van der Waals surface area contributed by atoms with Crippen LogP contribution < -0.4 is 9.47 Å². The molecule has 2 aromatic carbocycles. The van der Waals surface area contributed by atoms with Crippen LogP contribution >= 0.6 is 11.6 Å². The van der Waals surface area contributed by atoms with E-state index in [-0.39, 0.29) is 0 Å². The van der Waals surface area contributed by atoms with Crippen molar-refractivity contribution in [2.24, 2.45) is 4.99 Å². The summed E-state index contributed by atoms with van der Waals surface area (Å²) in [6.07, 6.45) is 3.36. The summed E-state index contributed by atoms with van der Waals surface area (Å²) in [5.74, 6) is 1.41. The summed E-state index contributed by atoms with van der Waals surface area (Å²) >= 11 is 6.29. The highest BCUT2D eigenvalue weighted by molar-refractivity contribution is 6.31. The van der Waals surface area contributed by atoms with Crippen LogP contribution in [-0.2, 0) is 6.54 Å². The fourth-order valence-electron chi connectivity index (χ4n) is 3.11. The molecule has 0 unspecified atom stereocenters. The van der Waals surface area contributed by atoms with Crippen LogP contribution in [-0.4, -0.2) is 29.9 Å². The average Bonchev–Trinajstić information content (AvgIpc) is 2.84. The van der Waals surface area contributed by atoms with Crippen molar-refractivity contribution < 1.29 is 9.47 Å². The van der Waals surface area contributed by atoms with Gasteiger partial charge in [-0.05, 0) is 24.3 Å². The van der Waals surface area contributed by atoms with Gasteiger partial charge in [-0.25, -0.2) is 9.97 Å². The maximum absolute atomic E-state index is 6.29. The zero-order valence-electron chi connectivity index (χ0n) is 14.4.